The fourth-order valence-corrected chi connectivity index (χ4v) is 1.97. The summed E-state index contributed by atoms with van der Waals surface area (Å²) in [5, 5.41) is 5.47. The van der Waals surface area contributed by atoms with Gasteiger partial charge in [0.2, 0.25) is 0 Å². The molecule has 0 aliphatic rings. The van der Waals surface area contributed by atoms with Crippen molar-refractivity contribution in [2.45, 2.75) is 13.8 Å². The Hall–Kier alpha value is -2.43. The third-order valence-corrected chi connectivity index (χ3v) is 2.96. The summed E-state index contributed by atoms with van der Waals surface area (Å²) in [6.07, 6.45) is 0. The van der Waals surface area contributed by atoms with Gasteiger partial charge in [0.1, 0.15) is 11.6 Å². The van der Waals surface area contributed by atoms with Crippen molar-refractivity contribution in [3.05, 3.63) is 59.2 Å². The lowest BCUT2D eigenvalue weighted by atomic mass is 10.1. The second kappa shape index (κ2) is 6.35. The fourth-order valence-electron chi connectivity index (χ4n) is 1.97. The highest BCUT2D eigenvalue weighted by Gasteiger charge is 2.14. The lowest BCUT2D eigenvalue weighted by Gasteiger charge is -2.12. The highest BCUT2D eigenvalue weighted by Crippen LogP contribution is 2.21. The molecule has 0 aromatic heterocycles. The van der Waals surface area contributed by atoms with E-state index in [0.717, 1.165) is 23.8 Å². The standard InChI is InChI=1S/C16H16F2N2O/c1-3-19-14-7-4-10(2)8-12(14)16(21)20-15-9-11(17)5-6-13(15)18/h4-9,19H,3H2,1-2H3,(H,20,21). The van der Waals surface area contributed by atoms with Crippen LogP contribution in [0.2, 0.25) is 0 Å². The number of anilines is 2. The van der Waals surface area contributed by atoms with E-state index in [1.54, 1.807) is 12.1 Å². The number of rotatable bonds is 4. The smallest absolute Gasteiger partial charge is 0.257 e. The van der Waals surface area contributed by atoms with Crippen molar-refractivity contribution in [1.82, 2.24) is 0 Å². The summed E-state index contributed by atoms with van der Waals surface area (Å²) < 4.78 is 26.7. The Morgan fingerprint density at radius 3 is 2.57 bits per heavy atom. The van der Waals surface area contributed by atoms with E-state index in [9.17, 15) is 13.6 Å². The zero-order chi connectivity index (χ0) is 15.4. The topological polar surface area (TPSA) is 41.1 Å². The number of hydrogen-bond donors (Lipinski definition) is 2. The van der Waals surface area contributed by atoms with Crippen LogP contribution in [0, 0.1) is 18.6 Å². The molecule has 0 atom stereocenters. The second-order valence-electron chi connectivity index (χ2n) is 4.66. The van der Waals surface area contributed by atoms with Gasteiger partial charge in [0.05, 0.1) is 11.3 Å². The number of carbonyl (C=O) groups excluding carboxylic acids is 1. The molecule has 0 fully saturated rings. The zero-order valence-electron chi connectivity index (χ0n) is 11.8. The molecular formula is C16H16F2N2O. The van der Waals surface area contributed by atoms with E-state index in [1.165, 1.54) is 0 Å². The van der Waals surface area contributed by atoms with Gasteiger partial charge >= 0.3 is 0 Å². The van der Waals surface area contributed by atoms with Gasteiger partial charge < -0.3 is 10.6 Å². The molecule has 0 bridgehead atoms. The van der Waals surface area contributed by atoms with Crippen molar-refractivity contribution in [3.63, 3.8) is 0 Å². The van der Waals surface area contributed by atoms with E-state index in [0.29, 0.717) is 17.8 Å². The molecule has 0 unspecified atom stereocenters. The third kappa shape index (κ3) is 3.56. The molecule has 2 rings (SSSR count). The number of nitrogens with one attached hydrogen (secondary N) is 2. The molecule has 5 heteroatoms. The van der Waals surface area contributed by atoms with Crippen LogP contribution in [0.15, 0.2) is 36.4 Å². The van der Waals surface area contributed by atoms with Crippen molar-refractivity contribution >= 4 is 17.3 Å². The van der Waals surface area contributed by atoms with Crippen molar-refractivity contribution in [1.29, 1.82) is 0 Å². The number of carbonyl (C=O) groups is 1. The van der Waals surface area contributed by atoms with Gasteiger partial charge in [0.25, 0.3) is 5.91 Å². The summed E-state index contributed by atoms with van der Waals surface area (Å²) in [6.45, 7) is 4.42. The maximum Gasteiger partial charge on any atom is 0.257 e. The minimum Gasteiger partial charge on any atom is -0.385 e. The average Bonchev–Trinajstić information content (AvgIpc) is 2.45. The molecule has 3 nitrogen and oxygen atoms in total. The van der Waals surface area contributed by atoms with Crippen LogP contribution in [-0.2, 0) is 0 Å². The second-order valence-corrected chi connectivity index (χ2v) is 4.66. The van der Waals surface area contributed by atoms with E-state index in [-0.39, 0.29) is 5.69 Å². The normalized spacial score (nSPS) is 10.3. The highest BCUT2D eigenvalue weighted by molar-refractivity contribution is 6.08. The molecule has 110 valence electrons. The van der Waals surface area contributed by atoms with Crippen molar-refractivity contribution in [3.8, 4) is 0 Å². The Morgan fingerprint density at radius 2 is 1.86 bits per heavy atom. The van der Waals surface area contributed by atoms with Gasteiger partial charge in [0, 0.05) is 18.3 Å². The van der Waals surface area contributed by atoms with E-state index in [1.807, 2.05) is 19.9 Å². The Kier molecular flexibility index (Phi) is 4.52. The Labute approximate surface area is 122 Å². The molecule has 0 aliphatic heterocycles. The van der Waals surface area contributed by atoms with Crippen LogP contribution in [0.25, 0.3) is 0 Å². The first kappa shape index (κ1) is 15.0. The molecule has 21 heavy (non-hydrogen) atoms. The molecule has 0 saturated carbocycles. The van der Waals surface area contributed by atoms with Gasteiger partial charge in [-0.25, -0.2) is 8.78 Å². The Balaban J connectivity index is 2.31. The minimum absolute atomic E-state index is 0.177. The first-order chi connectivity index (χ1) is 10.0. The molecule has 0 aliphatic carbocycles. The summed E-state index contributed by atoms with van der Waals surface area (Å²) in [5.74, 6) is -1.77. The van der Waals surface area contributed by atoms with Gasteiger partial charge in [-0.2, -0.15) is 0 Å². The predicted molar refractivity (Wildman–Crippen MR) is 79.7 cm³/mol. The van der Waals surface area contributed by atoms with Crippen LogP contribution in [-0.4, -0.2) is 12.5 Å². The SMILES string of the molecule is CCNc1ccc(C)cc1C(=O)Nc1cc(F)ccc1F. The van der Waals surface area contributed by atoms with E-state index in [4.69, 9.17) is 0 Å². The van der Waals surface area contributed by atoms with Crippen LogP contribution in [0.5, 0.6) is 0 Å². The summed E-state index contributed by atoms with van der Waals surface area (Å²) in [5.41, 5.74) is 1.77. The van der Waals surface area contributed by atoms with Crippen molar-refractivity contribution in [2.75, 3.05) is 17.2 Å². The Bertz CT molecular complexity index is 671. The van der Waals surface area contributed by atoms with Crippen LogP contribution in [0.4, 0.5) is 20.2 Å². The van der Waals surface area contributed by atoms with Crippen LogP contribution in [0.3, 0.4) is 0 Å². The van der Waals surface area contributed by atoms with Crippen LogP contribution in [0.1, 0.15) is 22.8 Å². The van der Waals surface area contributed by atoms with E-state index in [2.05, 4.69) is 10.6 Å². The maximum atomic E-state index is 13.6. The summed E-state index contributed by atoms with van der Waals surface area (Å²) >= 11 is 0. The van der Waals surface area contributed by atoms with Crippen molar-refractivity contribution in [2.24, 2.45) is 0 Å². The first-order valence-corrected chi connectivity index (χ1v) is 6.62. The van der Waals surface area contributed by atoms with Gasteiger partial charge in [-0.1, -0.05) is 11.6 Å². The highest BCUT2D eigenvalue weighted by atomic mass is 19.1. The fraction of sp³-hybridized carbons (Fsp3) is 0.188. The quantitative estimate of drug-likeness (QED) is 0.895. The molecule has 2 aromatic rings. The van der Waals surface area contributed by atoms with Crippen LogP contribution >= 0.6 is 0 Å². The van der Waals surface area contributed by atoms with Crippen molar-refractivity contribution < 1.29 is 13.6 Å². The summed E-state index contributed by atoms with van der Waals surface area (Å²) in [7, 11) is 0. The van der Waals surface area contributed by atoms with E-state index < -0.39 is 17.5 Å². The molecule has 1 amide bonds. The number of halogens is 2. The minimum atomic E-state index is -0.678. The number of amides is 1. The first-order valence-electron chi connectivity index (χ1n) is 6.62. The molecule has 2 N–H and O–H groups in total. The van der Waals surface area contributed by atoms with E-state index >= 15 is 0 Å². The third-order valence-electron chi connectivity index (χ3n) is 2.96. The Morgan fingerprint density at radius 1 is 1.10 bits per heavy atom. The number of hydrogen-bond acceptors (Lipinski definition) is 2. The van der Waals surface area contributed by atoms with Gasteiger partial charge in [-0.3, -0.25) is 4.79 Å². The number of benzene rings is 2. The molecule has 0 saturated heterocycles. The molecule has 0 heterocycles. The summed E-state index contributed by atoms with van der Waals surface area (Å²) in [4.78, 5) is 12.3. The molecule has 2 aromatic carbocycles. The largest absolute Gasteiger partial charge is 0.385 e. The zero-order valence-corrected chi connectivity index (χ0v) is 11.8. The average molecular weight is 290 g/mol. The molecule has 0 radical (unpaired) electrons. The number of aryl methyl sites for hydroxylation is 1. The van der Waals surface area contributed by atoms with Gasteiger partial charge in [-0.05, 0) is 38.1 Å². The molecule has 0 spiro atoms. The van der Waals surface area contributed by atoms with Crippen LogP contribution < -0.4 is 10.6 Å². The lowest BCUT2D eigenvalue weighted by molar-refractivity contribution is 0.102. The van der Waals surface area contributed by atoms with Gasteiger partial charge in [-0.15, -0.1) is 0 Å². The maximum absolute atomic E-state index is 13.6. The summed E-state index contributed by atoms with van der Waals surface area (Å²) in [6, 6.07) is 8.29. The lowest BCUT2D eigenvalue weighted by Crippen LogP contribution is -2.16. The predicted octanol–water partition coefficient (Wildman–Crippen LogP) is 3.96. The monoisotopic (exact) mass is 290 g/mol. The van der Waals surface area contributed by atoms with Gasteiger partial charge in [0.15, 0.2) is 0 Å². The molecular weight excluding hydrogens is 274 g/mol.